The molecule has 0 spiro atoms. The van der Waals surface area contributed by atoms with Crippen molar-refractivity contribution in [3.63, 3.8) is 0 Å². The molecule has 3 heteroatoms. The summed E-state index contributed by atoms with van der Waals surface area (Å²) in [4.78, 5) is 0. The molecular weight excluding hydrogens is 340 g/mol. The number of rotatable bonds is 5. The molecule has 2 nitrogen and oxygen atoms in total. The first kappa shape index (κ1) is 16.9. The fraction of sp³-hybridized carbons (Fsp3) is 0.368. The van der Waals surface area contributed by atoms with Crippen LogP contribution in [0.1, 0.15) is 42.0 Å². The van der Waals surface area contributed by atoms with Crippen molar-refractivity contribution in [2.45, 2.75) is 38.9 Å². The van der Waals surface area contributed by atoms with Gasteiger partial charge >= 0.3 is 0 Å². The number of alkyl halides is 1. The summed E-state index contributed by atoms with van der Waals surface area (Å²) in [7, 11) is 1.72. The fourth-order valence-electron chi connectivity index (χ4n) is 2.83. The molecule has 0 saturated carbocycles. The van der Waals surface area contributed by atoms with Gasteiger partial charge in [-0.15, -0.1) is 0 Å². The van der Waals surface area contributed by atoms with Gasteiger partial charge in [-0.2, -0.15) is 0 Å². The molecule has 0 aliphatic rings. The Balaban J connectivity index is 2.44. The molecule has 2 aromatic carbocycles. The number of hydrogen-bond acceptors (Lipinski definition) is 2. The van der Waals surface area contributed by atoms with Gasteiger partial charge in [-0.25, -0.2) is 0 Å². The van der Waals surface area contributed by atoms with Gasteiger partial charge < -0.3 is 9.47 Å². The summed E-state index contributed by atoms with van der Waals surface area (Å²) in [5, 5.41) is 0.852. The number of methoxy groups -OCH3 is 1. The second-order valence-corrected chi connectivity index (χ2v) is 6.36. The van der Waals surface area contributed by atoms with Crippen LogP contribution in [0.3, 0.4) is 0 Å². The lowest BCUT2D eigenvalue weighted by atomic mass is 9.94. The molecule has 0 unspecified atom stereocenters. The molecule has 0 amide bonds. The maximum atomic E-state index is 6.16. The highest BCUT2D eigenvalue weighted by Gasteiger charge is 2.18. The summed E-state index contributed by atoms with van der Waals surface area (Å²) >= 11 is 3.46. The number of aryl methyl sites for hydroxylation is 1. The monoisotopic (exact) mass is 362 g/mol. The summed E-state index contributed by atoms with van der Waals surface area (Å²) in [5.74, 6) is 3.09. The molecule has 0 radical (unpaired) electrons. The van der Waals surface area contributed by atoms with Gasteiger partial charge in [0.25, 0.3) is 0 Å². The zero-order chi connectivity index (χ0) is 16.3. The van der Waals surface area contributed by atoms with E-state index >= 15 is 0 Å². The molecule has 118 valence electrons. The van der Waals surface area contributed by atoms with Gasteiger partial charge in [-0.1, -0.05) is 41.9 Å². The van der Waals surface area contributed by atoms with Crippen LogP contribution in [0.4, 0.5) is 0 Å². The molecule has 0 N–H and O–H groups in total. The van der Waals surface area contributed by atoms with Gasteiger partial charge in [-0.3, -0.25) is 0 Å². The largest absolute Gasteiger partial charge is 0.496 e. The van der Waals surface area contributed by atoms with Gasteiger partial charge in [0.2, 0.25) is 0 Å². The van der Waals surface area contributed by atoms with Crippen LogP contribution >= 0.6 is 15.9 Å². The SMILES string of the molecule is COc1c(C)cc(Oc2ccc(CBr)cc2)c(C(C)C)c1C. The molecule has 0 aliphatic carbocycles. The molecule has 0 aliphatic heterocycles. The summed E-state index contributed by atoms with van der Waals surface area (Å²) in [6.07, 6.45) is 0. The lowest BCUT2D eigenvalue weighted by Gasteiger charge is -2.20. The standard InChI is InChI=1S/C19H23BrO2/c1-12(2)18-14(4)19(21-5)13(3)10-17(18)22-16-8-6-15(11-20)7-9-16/h6-10,12H,11H2,1-5H3. The fourth-order valence-corrected chi connectivity index (χ4v) is 3.21. The quantitative estimate of drug-likeness (QED) is 0.596. The Morgan fingerprint density at radius 3 is 2.23 bits per heavy atom. The van der Waals surface area contributed by atoms with Crippen LogP contribution in [0.25, 0.3) is 0 Å². The van der Waals surface area contributed by atoms with Gasteiger partial charge in [0.1, 0.15) is 17.2 Å². The summed E-state index contributed by atoms with van der Waals surface area (Å²) in [5.41, 5.74) is 4.69. The van der Waals surface area contributed by atoms with Crippen LogP contribution in [0, 0.1) is 13.8 Å². The zero-order valence-electron chi connectivity index (χ0n) is 13.9. The predicted molar refractivity (Wildman–Crippen MR) is 95.7 cm³/mol. The van der Waals surface area contributed by atoms with Crippen molar-refractivity contribution in [2.75, 3.05) is 7.11 Å². The first-order valence-corrected chi connectivity index (χ1v) is 8.60. The summed E-state index contributed by atoms with van der Waals surface area (Å²) in [6.45, 7) is 8.51. The minimum atomic E-state index is 0.367. The average Bonchev–Trinajstić information content (AvgIpc) is 2.47. The van der Waals surface area contributed by atoms with E-state index in [0.717, 1.165) is 33.7 Å². The predicted octanol–water partition coefficient (Wildman–Crippen LogP) is 6.12. The number of hydrogen-bond donors (Lipinski definition) is 0. The third kappa shape index (κ3) is 3.46. The first-order chi connectivity index (χ1) is 10.5. The molecule has 2 aromatic rings. The molecule has 0 saturated heterocycles. The van der Waals surface area contributed by atoms with E-state index in [2.05, 4.69) is 61.8 Å². The van der Waals surface area contributed by atoms with E-state index in [1.165, 1.54) is 11.1 Å². The summed E-state index contributed by atoms with van der Waals surface area (Å²) in [6, 6.07) is 10.2. The lowest BCUT2D eigenvalue weighted by molar-refractivity contribution is 0.404. The first-order valence-electron chi connectivity index (χ1n) is 7.48. The second-order valence-electron chi connectivity index (χ2n) is 5.80. The average molecular weight is 363 g/mol. The summed E-state index contributed by atoms with van der Waals surface area (Å²) < 4.78 is 11.7. The third-order valence-electron chi connectivity index (χ3n) is 3.80. The van der Waals surface area contributed by atoms with Crippen LogP contribution in [-0.4, -0.2) is 7.11 Å². The van der Waals surface area contributed by atoms with Crippen LogP contribution in [0.5, 0.6) is 17.2 Å². The zero-order valence-corrected chi connectivity index (χ0v) is 15.5. The second kappa shape index (κ2) is 7.19. The highest BCUT2D eigenvalue weighted by Crippen LogP contribution is 2.39. The maximum absolute atomic E-state index is 6.16. The Morgan fingerprint density at radius 2 is 1.73 bits per heavy atom. The normalized spacial score (nSPS) is 10.9. The Hall–Kier alpha value is -1.48. The molecule has 0 aromatic heterocycles. The van der Waals surface area contributed by atoms with Crippen LogP contribution in [0.2, 0.25) is 0 Å². The van der Waals surface area contributed by atoms with E-state index in [1.54, 1.807) is 7.11 Å². The van der Waals surface area contributed by atoms with Crippen molar-refractivity contribution >= 4 is 15.9 Å². The molecule has 0 atom stereocenters. The highest BCUT2D eigenvalue weighted by atomic mass is 79.9. The van der Waals surface area contributed by atoms with Crippen molar-refractivity contribution in [3.05, 3.63) is 52.6 Å². The van der Waals surface area contributed by atoms with Crippen LogP contribution in [-0.2, 0) is 5.33 Å². The van der Waals surface area contributed by atoms with Gasteiger partial charge in [0.05, 0.1) is 7.11 Å². The van der Waals surface area contributed by atoms with E-state index in [0.29, 0.717) is 5.92 Å². The van der Waals surface area contributed by atoms with Crippen LogP contribution in [0.15, 0.2) is 30.3 Å². The molecular formula is C19H23BrO2. The smallest absolute Gasteiger partial charge is 0.131 e. The van der Waals surface area contributed by atoms with Crippen molar-refractivity contribution in [3.8, 4) is 17.2 Å². The van der Waals surface area contributed by atoms with E-state index in [-0.39, 0.29) is 0 Å². The van der Waals surface area contributed by atoms with E-state index in [1.807, 2.05) is 12.1 Å². The van der Waals surface area contributed by atoms with Gasteiger partial charge in [0, 0.05) is 10.9 Å². The third-order valence-corrected chi connectivity index (χ3v) is 4.45. The van der Waals surface area contributed by atoms with Crippen molar-refractivity contribution < 1.29 is 9.47 Å². The van der Waals surface area contributed by atoms with E-state index in [9.17, 15) is 0 Å². The topological polar surface area (TPSA) is 18.5 Å². The Kier molecular flexibility index (Phi) is 5.52. The Morgan fingerprint density at radius 1 is 1.09 bits per heavy atom. The molecule has 2 rings (SSSR count). The Labute approximate surface area is 141 Å². The van der Waals surface area contributed by atoms with Gasteiger partial charge in [0.15, 0.2) is 0 Å². The minimum Gasteiger partial charge on any atom is -0.496 e. The van der Waals surface area contributed by atoms with Crippen LogP contribution < -0.4 is 9.47 Å². The number of ether oxygens (including phenoxy) is 2. The molecule has 0 fully saturated rings. The minimum absolute atomic E-state index is 0.367. The van der Waals surface area contributed by atoms with Gasteiger partial charge in [-0.05, 0) is 54.7 Å². The van der Waals surface area contributed by atoms with Crippen molar-refractivity contribution in [1.29, 1.82) is 0 Å². The Bertz CT molecular complexity index is 645. The maximum Gasteiger partial charge on any atom is 0.131 e. The van der Waals surface area contributed by atoms with Crippen molar-refractivity contribution in [1.82, 2.24) is 0 Å². The number of benzene rings is 2. The van der Waals surface area contributed by atoms with E-state index < -0.39 is 0 Å². The molecule has 22 heavy (non-hydrogen) atoms. The molecule has 0 bridgehead atoms. The van der Waals surface area contributed by atoms with E-state index in [4.69, 9.17) is 9.47 Å². The van der Waals surface area contributed by atoms with Crippen molar-refractivity contribution in [2.24, 2.45) is 0 Å². The number of halogens is 1. The lowest BCUT2D eigenvalue weighted by Crippen LogP contribution is -2.02. The molecule has 0 heterocycles. The highest BCUT2D eigenvalue weighted by molar-refractivity contribution is 9.08.